The first-order valence-corrected chi connectivity index (χ1v) is 5.74. The lowest BCUT2D eigenvalue weighted by atomic mass is 10.2. The SMILES string of the molecule is Cn1c(C(N)CCO)nc2cc(C(F)(F)F)ccc21. The van der Waals surface area contributed by atoms with Crippen molar-refractivity contribution >= 4 is 11.0 Å². The molecule has 1 unspecified atom stereocenters. The molecule has 104 valence electrons. The summed E-state index contributed by atoms with van der Waals surface area (Å²) >= 11 is 0. The molecule has 0 saturated heterocycles. The number of hydrogen-bond acceptors (Lipinski definition) is 3. The molecule has 0 saturated carbocycles. The molecule has 2 rings (SSSR count). The van der Waals surface area contributed by atoms with Gasteiger partial charge in [0.25, 0.3) is 0 Å². The second kappa shape index (κ2) is 4.82. The summed E-state index contributed by atoms with van der Waals surface area (Å²) in [5, 5.41) is 8.85. The average molecular weight is 273 g/mol. The van der Waals surface area contributed by atoms with E-state index in [0.717, 1.165) is 12.1 Å². The van der Waals surface area contributed by atoms with E-state index in [9.17, 15) is 13.2 Å². The molecule has 0 spiro atoms. The van der Waals surface area contributed by atoms with Gasteiger partial charge in [0, 0.05) is 13.7 Å². The number of alkyl halides is 3. The van der Waals surface area contributed by atoms with Crippen molar-refractivity contribution < 1.29 is 18.3 Å². The third-order valence-corrected chi connectivity index (χ3v) is 3.01. The van der Waals surface area contributed by atoms with Crippen LogP contribution < -0.4 is 5.73 Å². The molecule has 19 heavy (non-hydrogen) atoms. The second-order valence-corrected chi connectivity index (χ2v) is 4.35. The van der Waals surface area contributed by atoms with Crippen molar-refractivity contribution in [2.45, 2.75) is 18.6 Å². The van der Waals surface area contributed by atoms with Gasteiger partial charge in [0.1, 0.15) is 5.82 Å². The summed E-state index contributed by atoms with van der Waals surface area (Å²) in [5.41, 5.74) is 5.92. The summed E-state index contributed by atoms with van der Waals surface area (Å²) in [4.78, 5) is 4.13. The van der Waals surface area contributed by atoms with E-state index < -0.39 is 17.8 Å². The van der Waals surface area contributed by atoms with Crippen molar-refractivity contribution in [3.63, 3.8) is 0 Å². The minimum atomic E-state index is -4.39. The van der Waals surface area contributed by atoms with Crippen LogP contribution in [-0.2, 0) is 13.2 Å². The fraction of sp³-hybridized carbons (Fsp3) is 0.417. The summed E-state index contributed by atoms with van der Waals surface area (Å²) < 4.78 is 39.5. The van der Waals surface area contributed by atoms with Gasteiger partial charge < -0.3 is 15.4 Å². The maximum atomic E-state index is 12.6. The highest BCUT2D eigenvalue weighted by Crippen LogP contribution is 2.31. The molecular formula is C12H14F3N3O. The zero-order chi connectivity index (χ0) is 14.2. The molecular weight excluding hydrogens is 259 g/mol. The third-order valence-electron chi connectivity index (χ3n) is 3.01. The Morgan fingerprint density at radius 1 is 1.42 bits per heavy atom. The molecule has 7 heteroatoms. The summed E-state index contributed by atoms with van der Waals surface area (Å²) in [6.07, 6.45) is -4.08. The Labute approximate surface area is 107 Å². The number of imidazole rings is 1. The van der Waals surface area contributed by atoms with Gasteiger partial charge in [0.2, 0.25) is 0 Å². The molecule has 1 aromatic heterocycles. The first-order valence-electron chi connectivity index (χ1n) is 5.74. The molecule has 0 fully saturated rings. The number of fused-ring (bicyclic) bond motifs is 1. The molecule has 1 atom stereocenters. The summed E-state index contributed by atoms with van der Waals surface area (Å²) in [6.45, 7) is -0.0990. The molecule has 1 heterocycles. The maximum absolute atomic E-state index is 12.6. The molecule has 3 N–H and O–H groups in total. The molecule has 0 aliphatic heterocycles. The van der Waals surface area contributed by atoms with Crippen LogP contribution in [0.3, 0.4) is 0 Å². The molecule has 0 aliphatic rings. The van der Waals surface area contributed by atoms with Gasteiger partial charge in [-0.2, -0.15) is 13.2 Å². The quantitative estimate of drug-likeness (QED) is 0.898. The lowest BCUT2D eigenvalue weighted by Crippen LogP contribution is -2.16. The van der Waals surface area contributed by atoms with E-state index in [1.54, 1.807) is 11.6 Å². The predicted molar refractivity (Wildman–Crippen MR) is 64.3 cm³/mol. The van der Waals surface area contributed by atoms with Crippen LogP contribution in [0.4, 0.5) is 13.2 Å². The van der Waals surface area contributed by atoms with Gasteiger partial charge in [-0.25, -0.2) is 4.98 Å². The fourth-order valence-corrected chi connectivity index (χ4v) is 1.99. The molecule has 4 nitrogen and oxygen atoms in total. The van der Waals surface area contributed by atoms with Crippen molar-refractivity contribution in [3.8, 4) is 0 Å². The number of nitrogens with zero attached hydrogens (tertiary/aromatic N) is 2. The van der Waals surface area contributed by atoms with E-state index in [2.05, 4.69) is 4.98 Å². The predicted octanol–water partition coefficient (Wildman–Crippen LogP) is 1.97. The summed E-state index contributed by atoms with van der Waals surface area (Å²) in [7, 11) is 1.69. The number of aliphatic hydroxyl groups excluding tert-OH is 1. The normalized spacial score (nSPS) is 14.0. The number of rotatable bonds is 3. The van der Waals surface area contributed by atoms with E-state index in [1.807, 2.05) is 0 Å². The number of benzene rings is 1. The monoisotopic (exact) mass is 273 g/mol. The van der Waals surface area contributed by atoms with E-state index in [4.69, 9.17) is 10.8 Å². The van der Waals surface area contributed by atoms with E-state index >= 15 is 0 Å². The van der Waals surface area contributed by atoms with Gasteiger partial charge in [-0.1, -0.05) is 0 Å². The number of aromatic nitrogens is 2. The van der Waals surface area contributed by atoms with Gasteiger partial charge in [-0.05, 0) is 24.6 Å². The Kier molecular flexibility index (Phi) is 3.51. The summed E-state index contributed by atoms with van der Waals surface area (Å²) in [6, 6.07) is 2.90. The second-order valence-electron chi connectivity index (χ2n) is 4.35. The zero-order valence-corrected chi connectivity index (χ0v) is 10.3. The first kappa shape index (κ1) is 13.8. The highest BCUT2D eigenvalue weighted by Gasteiger charge is 2.31. The number of aliphatic hydroxyl groups is 1. The van der Waals surface area contributed by atoms with Crippen LogP contribution in [-0.4, -0.2) is 21.3 Å². The topological polar surface area (TPSA) is 64.1 Å². The number of aryl methyl sites for hydroxylation is 1. The van der Waals surface area contributed by atoms with E-state index in [-0.39, 0.29) is 12.1 Å². The molecule has 1 aromatic carbocycles. The number of nitrogens with two attached hydrogens (primary N) is 1. The van der Waals surface area contributed by atoms with Gasteiger partial charge in [-0.15, -0.1) is 0 Å². The Hall–Kier alpha value is -1.60. The van der Waals surface area contributed by atoms with Gasteiger partial charge in [-0.3, -0.25) is 0 Å². The largest absolute Gasteiger partial charge is 0.416 e. The standard InChI is InChI=1S/C12H14F3N3O/c1-18-10-3-2-7(12(13,14)15)6-9(10)17-11(18)8(16)4-5-19/h2-3,6,8,19H,4-5,16H2,1H3. The number of hydrogen-bond donors (Lipinski definition) is 2. The number of halogens is 3. The van der Waals surface area contributed by atoms with Gasteiger partial charge in [0.05, 0.1) is 22.6 Å². The van der Waals surface area contributed by atoms with Crippen LogP contribution in [0.5, 0.6) is 0 Å². The first-order chi connectivity index (χ1) is 8.84. The van der Waals surface area contributed by atoms with Crippen molar-refractivity contribution in [1.29, 1.82) is 0 Å². The van der Waals surface area contributed by atoms with Crippen LogP contribution >= 0.6 is 0 Å². The van der Waals surface area contributed by atoms with Crippen LogP contribution in [0.2, 0.25) is 0 Å². The van der Waals surface area contributed by atoms with Crippen molar-refractivity contribution in [3.05, 3.63) is 29.6 Å². The lowest BCUT2D eigenvalue weighted by molar-refractivity contribution is -0.137. The molecule has 2 aromatic rings. The minimum Gasteiger partial charge on any atom is -0.396 e. The van der Waals surface area contributed by atoms with Crippen molar-refractivity contribution in [2.75, 3.05) is 6.61 Å². The van der Waals surface area contributed by atoms with Gasteiger partial charge >= 0.3 is 6.18 Å². The highest BCUT2D eigenvalue weighted by molar-refractivity contribution is 5.77. The van der Waals surface area contributed by atoms with Crippen LogP contribution in [0, 0.1) is 0 Å². The Morgan fingerprint density at radius 2 is 2.11 bits per heavy atom. The Balaban J connectivity index is 2.51. The van der Waals surface area contributed by atoms with Crippen LogP contribution in [0.15, 0.2) is 18.2 Å². The molecule has 0 radical (unpaired) electrons. The van der Waals surface area contributed by atoms with Crippen molar-refractivity contribution in [1.82, 2.24) is 9.55 Å². The summed E-state index contributed by atoms with van der Waals surface area (Å²) in [5.74, 6) is 0.461. The van der Waals surface area contributed by atoms with Crippen LogP contribution in [0.25, 0.3) is 11.0 Å². The lowest BCUT2D eigenvalue weighted by Gasteiger charge is -2.09. The van der Waals surface area contributed by atoms with E-state index in [0.29, 0.717) is 17.8 Å². The smallest absolute Gasteiger partial charge is 0.396 e. The molecule has 0 amide bonds. The average Bonchev–Trinajstić information content (AvgIpc) is 2.66. The molecule has 0 aliphatic carbocycles. The van der Waals surface area contributed by atoms with E-state index in [1.165, 1.54) is 6.07 Å². The van der Waals surface area contributed by atoms with Crippen molar-refractivity contribution in [2.24, 2.45) is 12.8 Å². The van der Waals surface area contributed by atoms with Gasteiger partial charge in [0.15, 0.2) is 0 Å². The highest BCUT2D eigenvalue weighted by atomic mass is 19.4. The Morgan fingerprint density at radius 3 is 2.68 bits per heavy atom. The maximum Gasteiger partial charge on any atom is 0.416 e. The Bertz CT molecular complexity index is 592. The molecule has 0 bridgehead atoms. The fourth-order valence-electron chi connectivity index (χ4n) is 1.99. The zero-order valence-electron chi connectivity index (χ0n) is 10.3. The third kappa shape index (κ3) is 2.57. The minimum absolute atomic E-state index is 0.0990. The van der Waals surface area contributed by atoms with Crippen LogP contribution in [0.1, 0.15) is 23.9 Å².